The Morgan fingerprint density at radius 1 is 0.964 bits per heavy atom. The molecule has 0 aliphatic heterocycles. The molecule has 0 amide bonds. The first-order chi connectivity index (χ1) is 13.6. The molecule has 4 aromatic rings. The molecule has 2 N–H and O–H groups in total. The van der Waals surface area contributed by atoms with Crippen molar-refractivity contribution in [3.8, 4) is 28.6 Å². The SMILES string of the molecule is COc1ccc(C)c(Oc2nc(-c3ccccc3)cc3ncnc(N)c23)c1C. The van der Waals surface area contributed by atoms with Crippen LogP contribution in [0.2, 0.25) is 0 Å². The number of hydrogen-bond donors (Lipinski definition) is 1. The number of methoxy groups -OCH3 is 1. The Bertz CT molecular complexity index is 1160. The van der Waals surface area contributed by atoms with Gasteiger partial charge >= 0.3 is 0 Å². The van der Waals surface area contributed by atoms with E-state index in [2.05, 4.69) is 9.97 Å². The zero-order chi connectivity index (χ0) is 19.7. The minimum Gasteiger partial charge on any atom is -0.496 e. The molecule has 2 heterocycles. The number of hydrogen-bond acceptors (Lipinski definition) is 6. The molecule has 28 heavy (non-hydrogen) atoms. The second-order valence-corrected chi connectivity index (χ2v) is 6.47. The second kappa shape index (κ2) is 7.15. The second-order valence-electron chi connectivity index (χ2n) is 6.47. The number of ether oxygens (including phenoxy) is 2. The molecular weight excluding hydrogens is 352 g/mol. The van der Waals surface area contributed by atoms with Gasteiger partial charge in [0.15, 0.2) is 0 Å². The van der Waals surface area contributed by atoms with Crippen molar-refractivity contribution in [3.63, 3.8) is 0 Å². The van der Waals surface area contributed by atoms with E-state index >= 15 is 0 Å². The van der Waals surface area contributed by atoms with Crippen molar-refractivity contribution in [1.29, 1.82) is 0 Å². The first kappa shape index (κ1) is 17.7. The third-order valence-corrected chi connectivity index (χ3v) is 4.66. The molecule has 0 bridgehead atoms. The Balaban J connectivity index is 1.94. The van der Waals surface area contributed by atoms with Crippen LogP contribution in [-0.4, -0.2) is 22.1 Å². The summed E-state index contributed by atoms with van der Waals surface area (Å²) in [6.07, 6.45) is 1.44. The highest BCUT2D eigenvalue weighted by atomic mass is 16.5. The Hall–Kier alpha value is -3.67. The van der Waals surface area contributed by atoms with Gasteiger partial charge in [0, 0.05) is 11.1 Å². The fraction of sp³-hybridized carbons (Fsp3) is 0.136. The third-order valence-electron chi connectivity index (χ3n) is 4.66. The van der Waals surface area contributed by atoms with Gasteiger partial charge in [-0.05, 0) is 31.5 Å². The molecule has 6 heteroatoms. The number of pyridine rings is 1. The van der Waals surface area contributed by atoms with E-state index in [1.807, 2.05) is 62.4 Å². The quantitative estimate of drug-likeness (QED) is 0.559. The normalized spacial score (nSPS) is 10.8. The predicted octanol–water partition coefficient (Wildman–Crippen LogP) is 4.69. The van der Waals surface area contributed by atoms with E-state index in [4.69, 9.17) is 20.2 Å². The third kappa shape index (κ3) is 3.09. The van der Waals surface area contributed by atoms with Crippen LogP contribution in [0.25, 0.3) is 22.2 Å². The molecule has 0 atom stereocenters. The smallest absolute Gasteiger partial charge is 0.233 e. The van der Waals surface area contributed by atoms with Crippen LogP contribution in [0, 0.1) is 13.8 Å². The van der Waals surface area contributed by atoms with Crippen molar-refractivity contribution in [3.05, 3.63) is 66.0 Å². The van der Waals surface area contributed by atoms with E-state index in [9.17, 15) is 0 Å². The van der Waals surface area contributed by atoms with Crippen molar-refractivity contribution in [2.24, 2.45) is 0 Å². The predicted molar refractivity (Wildman–Crippen MR) is 110 cm³/mol. The average molecular weight is 372 g/mol. The van der Waals surface area contributed by atoms with Gasteiger partial charge in [0.1, 0.15) is 29.0 Å². The number of fused-ring (bicyclic) bond motifs is 1. The van der Waals surface area contributed by atoms with Crippen molar-refractivity contribution in [2.75, 3.05) is 12.8 Å². The maximum Gasteiger partial charge on any atom is 0.233 e. The molecule has 0 saturated heterocycles. The molecule has 0 aliphatic rings. The van der Waals surface area contributed by atoms with Crippen molar-refractivity contribution < 1.29 is 9.47 Å². The molecule has 4 rings (SSSR count). The maximum absolute atomic E-state index is 6.29. The lowest BCUT2D eigenvalue weighted by Gasteiger charge is -2.16. The molecule has 0 unspecified atom stereocenters. The van der Waals surface area contributed by atoms with E-state index in [1.165, 1.54) is 6.33 Å². The molecule has 0 radical (unpaired) electrons. The highest BCUT2D eigenvalue weighted by Crippen LogP contribution is 2.38. The van der Waals surface area contributed by atoms with Crippen LogP contribution in [0.3, 0.4) is 0 Å². The summed E-state index contributed by atoms with van der Waals surface area (Å²) in [4.78, 5) is 13.2. The highest BCUT2D eigenvalue weighted by molar-refractivity contribution is 5.94. The van der Waals surface area contributed by atoms with E-state index in [1.54, 1.807) is 7.11 Å². The molecule has 2 aromatic heterocycles. The summed E-state index contributed by atoms with van der Waals surface area (Å²) in [7, 11) is 1.64. The summed E-state index contributed by atoms with van der Waals surface area (Å²) in [5.41, 5.74) is 10.4. The minimum atomic E-state index is 0.324. The van der Waals surface area contributed by atoms with Gasteiger partial charge in [0.05, 0.1) is 18.3 Å². The van der Waals surface area contributed by atoms with Gasteiger partial charge in [0.2, 0.25) is 5.88 Å². The molecule has 0 fully saturated rings. The van der Waals surface area contributed by atoms with Crippen molar-refractivity contribution >= 4 is 16.7 Å². The summed E-state index contributed by atoms with van der Waals surface area (Å²) >= 11 is 0. The van der Waals surface area contributed by atoms with Gasteiger partial charge in [-0.2, -0.15) is 0 Å². The minimum absolute atomic E-state index is 0.324. The van der Waals surface area contributed by atoms with Gasteiger partial charge in [0.25, 0.3) is 0 Å². The summed E-state index contributed by atoms with van der Waals surface area (Å²) in [5.74, 6) is 2.12. The number of anilines is 1. The number of nitrogens with zero attached hydrogens (tertiary/aromatic N) is 3. The van der Waals surface area contributed by atoms with Crippen LogP contribution in [0.15, 0.2) is 54.9 Å². The van der Waals surface area contributed by atoms with Gasteiger partial charge < -0.3 is 15.2 Å². The number of benzene rings is 2. The van der Waals surface area contributed by atoms with Gasteiger partial charge in [-0.25, -0.2) is 15.0 Å². The first-order valence-corrected chi connectivity index (χ1v) is 8.87. The fourth-order valence-corrected chi connectivity index (χ4v) is 3.18. The van der Waals surface area contributed by atoms with E-state index in [-0.39, 0.29) is 0 Å². The summed E-state index contributed by atoms with van der Waals surface area (Å²) in [5, 5.41) is 0.587. The number of aromatic nitrogens is 3. The van der Waals surface area contributed by atoms with Crippen LogP contribution < -0.4 is 15.2 Å². The first-order valence-electron chi connectivity index (χ1n) is 8.87. The van der Waals surface area contributed by atoms with Gasteiger partial charge in [-0.3, -0.25) is 0 Å². The topological polar surface area (TPSA) is 83.2 Å². The zero-order valence-electron chi connectivity index (χ0n) is 15.9. The number of nitrogens with two attached hydrogens (primary N) is 1. The fourth-order valence-electron chi connectivity index (χ4n) is 3.18. The average Bonchev–Trinajstić information content (AvgIpc) is 2.71. The van der Waals surface area contributed by atoms with E-state index < -0.39 is 0 Å². The lowest BCUT2D eigenvalue weighted by Crippen LogP contribution is -2.01. The summed E-state index contributed by atoms with van der Waals surface area (Å²) < 4.78 is 11.7. The maximum atomic E-state index is 6.29. The largest absolute Gasteiger partial charge is 0.496 e. The Morgan fingerprint density at radius 3 is 2.50 bits per heavy atom. The number of rotatable bonds is 4. The molecule has 2 aromatic carbocycles. The van der Waals surface area contributed by atoms with Crippen molar-refractivity contribution in [2.45, 2.75) is 13.8 Å². The Morgan fingerprint density at radius 2 is 1.75 bits per heavy atom. The molecule has 6 nitrogen and oxygen atoms in total. The molecule has 0 spiro atoms. The number of nitrogen functional groups attached to an aromatic ring is 1. The summed E-state index contributed by atoms with van der Waals surface area (Å²) in [6, 6.07) is 15.6. The van der Waals surface area contributed by atoms with Gasteiger partial charge in [-0.15, -0.1) is 0 Å². The molecule has 140 valence electrons. The van der Waals surface area contributed by atoms with E-state index in [0.717, 1.165) is 28.1 Å². The molecular formula is C22H20N4O2. The Labute approximate surface area is 163 Å². The lowest BCUT2D eigenvalue weighted by atomic mass is 10.1. The van der Waals surface area contributed by atoms with Crippen LogP contribution in [-0.2, 0) is 0 Å². The highest BCUT2D eigenvalue weighted by Gasteiger charge is 2.17. The van der Waals surface area contributed by atoms with Crippen LogP contribution >= 0.6 is 0 Å². The van der Waals surface area contributed by atoms with Crippen LogP contribution in [0.1, 0.15) is 11.1 Å². The molecule has 0 aliphatic carbocycles. The monoisotopic (exact) mass is 372 g/mol. The summed E-state index contributed by atoms with van der Waals surface area (Å²) in [6.45, 7) is 3.93. The van der Waals surface area contributed by atoms with Crippen molar-refractivity contribution in [1.82, 2.24) is 15.0 Å². The van der Waals surface area contributed by atoms with Crippen LogP contribution in [0.4, 0.5) is 5.82 Å². The lowest BCUT2D eigenvalue weighted by molar-refractivity contribution is 0.402. The standard InChI is InChI=1S/C22H20N4O2/c1-13-9-10-18(27-3)14(2)20(13)28-22-19-17(24-12-25-21(19)23)11-16(26-22)15-7-5-4-6-8-15/h4-12H,1-3H3,(H2,23,24,25). The van der Waals surface area contributed by atoms with E-state index in [0.29, 0.717) is 28.4 Å². The zero-order valence-corrected chi connectivity index (χ0v) is 15.9. The van der Waals surface area contributed by atoms with Gasteiger partial charge in [-0.1, -0.05) is 36.4 Å². The Kier molecular flexibility index (Phi) is 4.53. The van der Waals surface area contributed by atoms with Crippen LogP contribution in [0.5, 0.6) is 17.4 Å². The number of aryl methyl sites for hydroxylation is 1. The molecule has 0 saturated carbocycles.